The number of rotatable bonds is 5. The van der Waals surface area contributed by atoms with Gasteiger partial charge in [-0.2, -0.15) is 0 Å². The van der Waals surface area contributed by atoms with Crippen LogP contribution in [-0.2, 0) is 11.2 Å². The van der Waals surface area contributed by atoms with E-state index in [-0.39, 0.29) is 6.42 Å². The van der Waals surface area contributed by atoms with Crippen LogP contribution in [0, 0.1) is 0 Å². The van der Waals surface area contributed by atoms with Crippen molar-refractivity contribution in [3.05, 3.63) is 51.5 Å². The summed E-state index contributed by atoms with van der Waals surface area (Å²) in [5.41, 5.74) is 1.98. The van der Waals surface area contributed by atoms with Crippen molar-refractivity contribution < 1.29 is 24.2 Å². The number of ether oxygens (including phenoxy) is 2. The Balaban J connectivity index is 1.96. The lowest BCUT2D eigenvalue weighted by Gasteiger charge is -2.37. The molecule has 2 N–H and O–H groups in total. The molecule has 9 heteroatoms. The van der Waals surface area contributed by atoms with E-state index in [1.165, 1.54) is 19.1 Å². The highest BCUT2D eigenvalue weighted by Gasteiger charge is 2.34. The molecule has 1 unspecified atom stereocenters. The zero-order valence-corrected chi connectivity index (χ0v) is 17.4. The second kappa shape index (κ2) is 8.80. The first-order valence-corrected chi connectivity index (χ1v) is 9.59. The zero-order valence-electron chi connectivity index (χ0n) is 15.9. The number of nitrogens with zero attached hydrogens (tertiary/aromatic N) is 1. The van der Waals surface area contributed by atoms with Crippen LogP contribution in [0.2, 0.25) is 10.0 Å². The van der Waals surface area contributed by atoms with E-state index >= 15 is 0 Å². The minimum absolute atomic E-state index is 0.251. The van der Waals surface area contributed by atoms with Gasteiger partial charge in [-0.1, -0.05) is 23.2 Å². The summed E-state index contributed by atoms with van der Waals surface area (Å²) in [4.78, 5) is 26.0. The van der Waals surface area contributed by atoms with Crippen molar-refractivity contribution in [1.82, 2.24) is 4.90 Å². The van der Waals surface area contributed by atoms with Crippen LogP contribution in [0.3, 0.4) is 0 Å². The molecule has 29 heavy (non-hydrogen) atoms. The van der Waals surface area contributed by atoms with Crippen molar-refractivity contribution in [3.63, 3.8) is 0 Å². The lowest BCUT2D eigenvalue weighted by Crippen LogP contribution is -2.43. The van der Waals surface area contributed by atoms with Crippen molar-refractivity contribution in [3.8, 4) is 11.5 Å². The number of amides is 2. The molecule has 0 radical (unpaired) electrons. The number of aliphatic carboxylic acids is 1. The molecule has 1 aliphatic heterocycles. The van der Waals surface area contributed by atoms with Crippen molar-refractivity contribution in [2.75, 3.05) is 26.1 Å². The van der Waals surface area contributed by atoms with Gasteiger partial charge in [0.25, 0.3) is 0 Å². The zero-order chi connectivity index (χ0) is 21.1. The van der Waals surface area contributed by atoms with E-state index in [2.05, 4.69) is 5.32 Å². The molecule has 154 valence electrons. The Labute approximate surface area is 178 Å². The molecule has 0 aliphatic carbocycles. The number of methoxy groups -OCH3 is 2. The topological polar surface area (TPSA) is 88.1 Å². The van der Waals surface area contributed by atoms with Crippen LogP contribution in [0.4, 0.5) is 10.5 Å². The lowest BCUT2D eigenvalue weighted by molar-refractivity contribution is -0.138. The van der Waals surface area contributed by atoms with Gasteiger partial charge in [0.05, 0.1) is 37.4 Å². The van der Waals surface area contributed by atoms with Crippen LogP contribution in [0.1, 0.15) is 23.6 Å². The number of nitrogens with one attached hydrogen (secondary N) is 1. The van der Waals surface area contributed by atoms with Gasteiger partial charge >= 0.3 is 12.0 Å². The van der Waals surface area contributed by atoms with Crippen LogP contribution in [0.5, 0.6) is 11.5 Å². The molecule has 1 heterocycles. The molecule has 3 rings (SSSR count). The van der Waals surface area contributed by atoms with Crippen LogP contribution < -0.4 is 14.8 Å². The number of carbonyl (C=O) groups excluding carboxylic acids is 1. The average molecular weight is 439 g/mol. The third-order valence-corrected chi connectivity index (χ3v) is 5.37. The van der Waals surface area contributed by atoms with Gasteiger partial charge in [0.15, 0.2) is 11.5 Å². The SMILES string of the molecule is COc1cc2c(cc1OC)C(CC(=O)O)N(C(=O)Nc1cc(Cl)ccc1Cl)CC2. The summed E-state index contributed by atoms with van der Waals surface area (Å²) in [6.45, 7) is 0.338. The number of hydrogen-bond donors (Lipinski definition) is 2. The summed E-state index contributed by atoms with van der Waals surface area (Å²) < 4.78 is 10.7. The Hall–Kier alpha value is -2.64. The van der Waals surface area contributed by atoms with E-state index in [0.717, 1.165) is 5.56 Å². The molecule has 0 fully saturated rings. The van der Waals surface area contributed by atoms with E-state index in [1.54, 1.807) is 24.3 Å². The fourth-order valence-corrected chi connectivity index (χ4v) is 3.77. The second-order valence-electron chi connectivity index (χ2n) is 6.52. The largest absolute Gasteiger partial charge is 0.493 e. The molecule has 1 aliphatic rings. The summed E-state index contributed by atoms with van der Waals surface area (Å²) in [5, 5.41) is 12.9. The van der Waals surface area contributed by atoms with E-state index in [0.29, 0.717) is 45.8 Å². The number of hydrogen-bond acceptors (Lipinski definition) is 4. The monoisotopic (exact) mass is 438 g/mol. The van der Waals surface area contributed by atoms with Gasteiger partial charge in [0.2, 0.25) is 0 Å². The Bertz CT molecular complexity index is 951. The van der Waals surface area contributed by atoms with Crippen LogP contribution in [-0.4, -0.2) is 42.8 Å². The first-order valence-electron chi connectivity index (χ1n) is 8.83. The lowest BCUT2D eigenvalue weighted by atomic mass is 9.90. The smallest absolute Gasteiger partial charge is 0.322 e. The Kier molecular flexibility index (Phi) is 6.39. The first-order chi connectivity index (χ1) is 13.8. The summed E-state index contributed by atoms with van der Waals surface area (Å²) in [7, 11) is 3.04. The number of carboxylic acids is 1. The Morgan fingerprint density at radius 2 is 1.86 bits per heavy atom. The molecule has 0 saturated heterocycles. The summed E-state index contributed by atoms with van der Waals surface area (Å²) in [5.74, 6) is 0.0157. The van der Waals surface area contributed by atoms with E-state index < -0.39 is 18.0 Å². The number of anilines is 1. The van der Waals surface area contributed by atoms with Gasteiger partial charge in [0, 0.05) is 11.6 Å². The standard InChI is InChI=1S/C20H20Cl2N2O5/c1-28-17-7-11-5-6-24(16(10-19(25)26)13(11)9-18(17)29-2)20(27)23-15-8-12(21)3-4-14(15)22/h3-4,7-9,16H,5-6,10H2,1-2H3,(H,23,27)(H,25,26). The van der Waals surface area contributed by atoms with Crippen LogP contribution >= 0.6 is 23.2 Å². The maximum absolute atomic E-state index is 13.0. The third-order valence-electron chi connectivity index (χ3n) is 4.80. The Morgan fingerprint density at radius 3 is 2.52 bits per heavy atom. The number of urea groups is 1. The molecule has 2 amide bonds. The van der Waals surface area contributed by atoms with Crippen LogP contribution in [0.15, 0.2) is 30.3 Å². The van der Waals surface area contributed by atoms with Crippen molar-refractivity contribution in [2.24, 2.45) is 0 Å². The van der Waals surface area contributed by atoms with Crippen molar-refractivity contribution in [1.29, 1.82) is 0 Å². The highest BCUT2D eigenvalue weighted by molar-refractivity contribution is 6.35. The second-order valence-corrected chi connectivity index (χ2v) is 7.36. The predicted molar refractivity (Wildman–Crippen MR) is 110 cm³/mol. The van der Waals surface area contributed by atoms with Gasteiger partial charge < -0.3 is 24.8 Å². The fraction of sp³-hybridized carbons (Fsp3) is 0.300. The highest BCUT2D eigenvalue weighted by atomic mass is 35.5. The molecule has 1 atom stereocenters. The van der Waals surface area contributed by atoms with Gasteiger partial charge in [-0.15, -0.1) is 0 Å². The van der Waals surface area contributed by atoms with E-state index in [9.17, 15) is 14.7 Å². The maximum Gasteiger partial charge on any atom is 0.322 e. The van der Waals surface area contributed by atoms with Gasteiger partial charge in [-0.3, -0.25) is 4.79 Å². The van der Waals surface area contributed by atoms with Crippen LogP contribution in [0.25, 0.3) is 0 Å². The number of fused-ring (bicyclic) bond motifs is 1. The molecular formula is C20H20Cl2N2O5. The maximum atomic E-state index is 13.0. The van der Waals surface area contributed by atoms with Gasteiger partial charge in [-0.05, 0) is 47.9 Å². The summed E-state index contributed by atoms with van der Waals surface area (Å²) >= 11 is 12.1. The van der Waals surface area contributed by atoms with E-state index in [4.69, 9.17) is 32.7 Å². The predicted octanol–water partition coefficient (Wildman–Crippen LogP) is 4.62. The fourth-order valence-electron chi connectivity index (χ4n) is 3.44. The van der Waals surface area contributed by atoms with Crippen molar-refractivity contribution >= 4 is 40.9 Å². The minimum atomic E-state index is -1.02. The number of carbonyl (C=O) groups is 2. The van der Waals surface area contributed by atoms with Gasteiger partial charge in [0.1, 0.15) is 0 Å². The molecule has 0 aromatic heterocycles. The summed E-state index contributed by atoms with van der Waals surface area (Å²) in [6.07, 6.45) is 0.293. The van der Waals surface area contributed by atoms with Crippen molar-refractivity contribution in [2.45, 2.75) is 18.9 Å². The first kappa shape index (κ1) is 21.1. The molecule has 0 bridgehead atoms. The number of benzene rings is 2. The number of carboxylic acid groups (broad SMARTS) is 1. The Morgan fingerprint density at radius 1 is 1.17 bits per heavy atom. The molecule has 0 spiro atoms. The van der Waals surface area contributed by atoms with E-state index in [1.807, 2.05) is 6.07 Å². The third kappa shape index (κ3) is 4.52. The molecule has 7 nitrogen and oxygen atoms in total. The highest BCUT2D eigenvalue weighted by Crippen LogP contribution is 2.40. The molecular weight excluding hydrogens is 419 g/mol. The quantitative estimate of drug-likeness (QED) is 0.710. The molecule has 2 aromatic carbocycles. The molecule has 2 aromatic rings. The number of halogens is 2. The molecule has 0 saturated carbocycles. The normalized spacial score (nSPS) is 15.4. The minimum Gasteiger partial charge on any atom is -0.493 e. The average Bonchev–Trinajstić information content (AvgIpc) is 2.69. The summed E-state index contributed by atoms with van der Waals surface area (Å²) in [6, 6.07) is 7.16. The van der Waals surface area contributed by atoms with Gasteiger partial charge in [-0.25, -0.2) is 4.79 Å².